The minimum Gasteiger partial charge on any atom is -0.456 e. The quantitative estimate of drug-likeness (QED) is 0.457. The largest absolute Gasteiger partial charge is 0.456 e. The van der Waals surface area contributed by atoms with Gasteiger partial charge in [-0.05, 0) is 20.8 Å². The van der Waals surface area contributed by atoms with E-state index in [1.165, 1.54) is 6.08 Å². The Morgan fingerprint density at radius 2 is 1.94 bits per heavy atom. The van der Waals surface area contributed by atoms with Crippen LogP contribution in [-0.2, 0) is 9.53 Å². The first-order chi connectivity index (χ1) is 8.06. The van der Waals surface area contributed by atoms with E-state index in [-0.39, 0.29) is 11.6 Å². The monoisotopic (exact) mass is 238 g/mol. The van der Waals surface area contributed by atoms with Crippen LogP contribution in [-0.4, -0.2) is 24.7 Å². The summed E-state index contributed by atoms with van der Waals surface area (Å²) in [6, 6.07) is 0. The van der Waals surface area contributed by atoms with E-state index < -0.39 is 0 Å². The molecule has 0 radical (unpaired) electrons. The lowest BCUT2D eigenvalue weighted by Gasteiger charge is -2.35. The number of hydrogen-bond acceptors (Lipinski definition) is 2. The second-order valence-corrected chi connectivity index (χ2v) is 5.05. The molecule has 0 bridgehead atoms. The third kappa shape index (κ3) is 4.73. The molecule has 1 heterocycles. The summed E-state index contributed by atoms with van der Waals surface area (Å²) in [5, 5.41) is 2.32. The fourth-order valence-corrected chi connectivity index (χ4v) is 2.24. The number of carbonyl (C=O) groups excluding carboxylic acids is 1. The first kappa shape index (κ1) is 14.0. The van der Waals surface area contributed by atoms with Crippen molar-refractivity contribution in [2.75, 3.05) is 13.1 Å². The maximum Gasteiger partial charge on any atom is 0.331 e. The Morgan fingerprint density at radius 3 is 2.53 bits per heavy atom. The molecule has 1 aliphatic rings. The van der Waals surface area contributed by atoms with Crippen LogP contribution < -0.4 is 5.32 Å². The number of quaternary nitrogens is 1. The summed E-state index contributed by atoms with van der Waals surface area (Å²) < 4.78 is 5.55. The molecule has 3 heteroatoms. The van der Waals surface area contributed by atoms with Gasteiger partial charge in [0, 0.05) is 24.8 Å². The van der Waals surface area contributed by atoms with Crippen LogP contribution >= 0.6 is 0 Å². The fraction of sp³-hybridized carbons (Fsp3) is 0.643. The average molecular weight is 238 g/mol. The molecule has 3 nitrogen and oxygen atoms in total. The van der Waals surface area contributed by atoms with Gasteiger partial charge in [0.15, 0.2) is 0 Å². The molecule has 1 fully saturated rings. The van der Waals surface area contributed by atoms with Gasteiger partial charge in [-0.25, -0.2) is 4.79 Å². The molecule has 0 aromatic carbocycles. The molecule has 0 atom stereocenters. The van der Waals surface area contributed by atoms with Crippen molar-refractivity contribution < 1.29 is 14.8 Å². The van der Waals surface area contributed by atoms with E-state index in [0.717, 1.165) is 25.9 Å². The van der Waals surface area contributed by atoms with E-state index in [9.17, 15) is 4.79 Å². The highest BCUT2D eigenvalue weighted by Crippen LogP contribution is 2.27. The Labute approximate surface area is 104 Å². The molecule has 0 amide bonds. The molecule has 96 valence electrons. The Morgan fingerprint density at radius 1 is 1.29 bits per heavy atom. The van der Waals surface area contributed by atoms with Crippen molar-refractivity contribution in [3.63, 3.8) is 0 Å². The van der Waals surface area contributed by atoms with Crippen LogP contribution in [0.25, 0.3) is 0 Å². The average Bonchev–Trinajstić information content (AvgIpc) is 2.30. The maximum atomic E-state index is 11.6. The van der Waals surface area contributed by atoms with Crippen molar-refractivity contribution in [1.29, 1.82) is 0 Å². The molecule has 0 aliphatic carbocycles. The van der Waals surface area contributed by atoms with E-state index in [4.69, 9.17) is 4.74 Å². The minimum atomic E-state index is -0.356. The van der Waals surface area contributed by atoms with Crippen molar-refractivity contribution in [2.24, 2.45) is 5.92 Å². The summed E-state index contributed by atoms with van der Waals surface area (Å²) in [4.78, 5) is 11.6. The highest BCUT2D eigenvalue weighted by Gasteiger charge is 2.34. The lowest BCUT2D eigenvalue weighted by atomic mass is 9.83. The zero-order chi connectivity index (χ0) is 12.7. The Kier molecular flexibility index (Phi) is 5.42. The summed E-state index contributed by atoms with van der Waals surface area (Å²) in [6.45, 7) is 8.23. The molecule has 0 aromatic heterocycles. The summed E-state index contributed by atoms with van der Waals surface area (Å²) in [6.07, 6.45) is 9.15. The van der Waals surface area contributed by atoms with Gasteiger partial charge in [0.2, 0.25) is 0 Å². The predicted octanol–water partition coefficient (Wildman–Crippen LogP) is 1.41. The van der Waals surface area contributed by atoms with Crippen LogP contribution in [0.2, 0.25) is 0 Å². The molecular weight excluding hydrogens is 214 g/mol. The van der Waals surface area contributed by atoms with Gasteiger partial charge in [-0.3, -0.25) is 0 Å². The second kappa shape index (κ2) is 6.60. The first-order valence-corrected chi connectivity index (χ1v) is 6.40. The third-order valence-corrected chi connectivity index (χ3v) is 3.32. The van der Waals surface area contributed by atoms with Crippen LogP contribution in [0.15, 0.2) is 24.3 Å². The van der Waals surface area contributed by atoms with Crippen molar-refractivity contribution in [3.05, 3.63) is 24.3 Å². The summed E-state index contributed by atoms with van der Waals surface area (Å²) in [5.41, 5.74) is -0.356. The molecule has 0 unspecified atom stereocenters. The zero-order valence-electron chi connectivity index (χ0n) is 11.1. The SMILES string of the molecule is C/C=C/C=C/C(=O)OC(C)(C)C1CC[NH2+]CC1. The second-order valence-electron chi connectivity index (χ2n) is 5.05. The molecule has 1 aliphatic heterocycles. The summed E-state index contributed by atoms with van der Waals surface area (Å²) >= 11 is 0. The number of ether oxygens (including phenoxy) is 1. The van der Waals surface area contributed by atoms with Gasteiger partial charge in [0.1, 0.15) is 5.60 Å². The number of carbonyl (C=O) groups is 1. The van der Waals surface area contributed by atoms with Crippen LogP contribution in [0.5, 0.6) is 0 Å². The van der Waals surface area contributed by atoms with Gasteiger partial charge in [0.05, 0.1) is 13.1 Å². The van der Waals surface area contributed by atoms with E-state index >= 15 is 0 Å². The summed E-state index contributed by atoms with van der Waals surface area (Å²) in [7, 11) is 0. The topological polar surface area (TPSA) is 42.9 Å². The number of esters is 1. The van der Waals surface area contributed by atoms with Crippen LogP contribution in [0.1, 0.15) is 33.6 Å². The maximum absolute atomic E-state index is 11.6. The number of allylic oxidation sites excluding steroid dienone is 3. The molecule has 0 spiro atoms. The van der Waals surface area contributed by atoms with Crippen LogP contribution in [0, 0.1) is 5.92 Å². The van der Waals surface area contributed by atoms with Crippen molar-refractivity contribution >= 4 is 5.97 Å². The molecule has 0 aromatic rings. The number of piperidine rings is 1. The molecule has 2 N–H and O–H groups in total. The lowest BCUT2D eigenvalue weighted by molar-refractivity contribution is -0.665. The number of hydrogen-bond donors (Lipinski definition) is 1. The fourth-order valence-electron chi connectivity index (χ4n) is 2.24. The normalized spacial score (nSPS) is 19.0. The molecule has 0 saturated carbocycles. The van der Waals surface area contributed by atoms with Crippen LogP contribution in [0.4, 0.5) is 0 Å². The van der Waals surface area contributed by atoms with E-state index in [2.05, 4.69) is 5.32 Å². The van der Waals surface area contributed by atoms with Crippen molar-refractivity contribution in [1.82, 2.24) is 0 Å². The van der Waals surface area contributed by atoms with Crippen molar-refractivity contribution in [2.45, 2.75) is 39.2 Å². The van der Waals surface area contributed by atoms with E-state index in [1.807, 2.05) is 32.9 Å². The lowest BCUT2D eigenvalue weighted by Crippen LogP contribution is -2.86. The highest BCUT2D eigenvalue weighted by atomic mass is 16.6. The molecule has 1 rings (SSSR count). The molecular formula is C14H24NO2+. The van der Waals surface area contributed by atoms with Gasteiger partial charge in [-0.1, -0.05) is 18.2 Å². The highest BCUT2D eigenvalue weighted by molar-refractivity contribution is 5.82. The smallest absolute Gasteiger partial charge is 0.331 e. The zero-order valence-corrected chi connectivity index (χ0v) is 11.1. The third-order valence-electron chi connectivity index (χ3n) is 3.32. The van der Waals surface area contributed by atoms with Gasteiger partial charge in [-0.15, -0.1) is 0 Å². The molecule has 17 heavy (non-hydrogen) atoms. The summed E-state index contributed by atoms with van der Waals surface area (Å²) in [5.74, 6) is 0.231. The van der Waals surface area contributed by atoms with Gasteiger partial charge in [0.25, 0.3) is 0 Å². The standard InChI is InChI=1S/C14H23NO2/c1-4-5-6-7-13(16)17-14(2,3)12-8-10-15-11-9-12/h4-7,12,15H,8-11H2,1-3H3/p+1/b5-4+,7-6+. The Balaban J connectivity index is 2.49. The van der Waals surface area contributed by atoms with E-state index in [0.29, 0.717) is 5.92 Å². The molecule has 1 saturated heterocycles. The van der Waals surface area contributed by atoms with Gasteiger partial charge >= 0.3 is 5.97 Å². The van der Waals surface area contributed by atoms with Crippen molar-refractivity contribution in [3.8, 4) is 0 Å². The van der Waals surface area contributed by atoms with Gasteiger partial charge in [-0.2, -0.15) is 0 Å². The Hall–Kier alpha value is -1.09. The number of rotatable bonds is 4. The minimum absolute atomic E-state index is 0.248. The number of nitrogens with two attached hydrogens (primary N) is 1. The van der Waals surface area contributed by atoms with E-state index in [1.54, 1.807) is 6.08 Å². The van der Waals surface area contributed by atoms with Crippen LogP contribution in [0.3, 0.4) is 0 Å². The Bertz CT molecular complexity index is 299. The first-order valence-electron chi connectivity index (χ1n) is 6.40. The van der Waals surface area contributed by atoms with Gasteiger partial charge < -0.3 is 10.1 Å². The predicted molar refractivity (Wildman–Crippen MR) is 68.5 cm³/mol.